The van der Waals surface area contributed by atoms with Gasteiger partial charge in [-0.05, 0) is 91.7 Å². The Kier molecular flexibility index (Phi) is 6.21. The fourth-order valence-corrected chi connectivity index (χ4v) is 7.78. The van der Waals surface area contributed by atoms with Crippen molar-refractivity contribution in [3.63, 3.8) is 0 Å². The summed E-state index contributed by atoms with van der Waals surface area (Å²) in [5.41, 5.74) is 10.0. The number of rotatable bonds is 4. The Morgan fingerprint density at radius 3 is 1.59 bits per heavy atom. The summed E-state index contributed by atoms with van der Waals surface area (Å²) in [6, 6.07) is 0. The summed E-state index contributed by atoms with van der Waals surface area (Å²) in [6.07, 6.45) is 10.1. The number of thioether (sulfide) groups is 2. The van der Waals surface area contributed by atoms with E-state index in [-0.39, 0.29) is 11.8 Å². The van der Waals surface area contributed by atoms with Crippen molar-refractivity contribution in [2.24, 2.45) is 0 Å². The zero-order valence-electron chi connectivity index (χ0n) is 19.5. The molecule has 0 aromatic rings. The van der Waals surface area contributed by atoms with Gasteiger partial charge < -0.3 is 0 Å². The van der Waals surface area contributed by atoms with Crippen molar-refractivity contribution < 1.29 is 9.59 Å². The summed E-state index contributed by atoms with van der Waals surface area (Å²) in [6.45, 7) is 9.37. The first-order chi connectivity index (χ1) is 16.2. The molecule has 2 amide bonds. The van der Waals surface area contributed by atoms with Crippen LogP contribution in [0, 0.1) is 0 Å². The molecule has 2 heterocycles. The molecular formula is C26H24N2O2S4. The Labute approximate surface area is 219 Å². The molecule has 0 aromatic heterocycles. The summed E-state index contributed by atoms with van der Waals surface area (Å²) in [5.74, 6) is 0.00373. The van der Waals surface area contributed by atoms with Crippen LogP contribution in [0.15, 0.2) is 78.7 Å². The molecule has 0 atom stereocenters. The number of hydrogen-bond donors (Lipinski definition) is 0. The minimum atomic E-state index is 0.00186. The quantitative estimate of drug-likeness (QED) is 0.326. The van der Waals surface area contributed by atoms with Gasteiger partial charge in [-0.2, -0.15) is 0 Å². The van der Waals surface area contributed by atoms with E-state index in [2.05, 4.69) is 26.0 Å². The van der Waals surface area contributed by atoms with Crippen molar-refractivity contribution in [2.75, 3.05) is 13.1 Å². The summed E-state index contributed by atoms with van der Waals surface area (Å²) < 4.78 is 1.26. The Morgan fingerprint density at radius 2 is 1.26 bits per heavy atom. The fourth-order valence-electron chi connectivity index (χ4n) is 4.98. The lowest BCUT2D eigenvalue weighted by atomic mass is 9.97. The first kappa shape index (κ1) is 23.7. The molecule has 0 unspecified atom stereocenters. The second-order valence-corrected chi connectivity index (χ2v) is 12.2. The number of thiocarbonyl (C=S) groups is 2. The number of carbonyl (C=O) groups excluding carboxylic acids is 2. The van der Waals surface area contributed by atoms with Gasteiger partial charge in [0.15, 0.2) is 0 Å². The molecule has 174 valence electrons. The number of carbonyl (C=O) groups is 2. The van der Waals surface area contributed by atoms with Crippen molar-refractivity contribution in [3.05, 3.63) is 78.7 Å². The van der Waals surface area contributed by atoms with Gasteiger partial charge in [-0.15, -0.1) is 0 Å². The van der Waals surface area contributed by atoms with E-state index in [1.165, 1.54) is 57.0 Å². The SMILES string of the molecule is CCN1C(=O)/C(=C\C2=CC3=C(C2)C2=C(C=C(/C=C4/SC(=S)N(CC)C4=O)C2)C3=C(C)C)SC1=S. The van der Waals surface area contributed by atoms with E-state index >= 15 is 0 Å². The topological polar surface area (TPSA) is 40.6 Å². The molecule has 4 nitrogen and oxygen atoms in total. The van der Waals surface area contributed by atoms with Gasteiger partial charge in [-0.1, -0.05) is 65.7 Å². The molecule has 0 bridgehead atoms. The molecule has 3 aliphatic carbocycles. The predicted molar refractivity (Wildman–Crippen MR) is 149 cm³/mol. The van der Waals surface area contributed by atoms with Gasteiger partial charge >= 0.3 is 0 Å². The van der Waals surface area contributed by atoms with E-state index in [1.54, 1.807) is 9.80 Å². The van der Waals surface area contributed by atoms with E-state index in [1.807, 2.05) is 26.0 Å². The van der Waals surface area contributed by atoms with Crippen LogP contribution in [0.2, 0.25) is 0 Å². The van der Waals surface area contributed by atoms with Crippen molar-refractivity contribution in [1.29, 1.82) is 0 Å². The van der Waals surface area contributed by atoms with Crippen molar-refractivity contribution in [1.82, 2.24) is 9.80 Å². The first-order valence-corrected chi connectivity index (χ1v) is 13.7. The van der Waals surface area contributed by atoms with Gasteiger partial charge in [-0.3, -0.25) is 19.4 Å². The summed E-state index contributed by atoms with van der Waals surface area (Å²) in [7, 11) is 0. The van der Waals surface area contributed by atoms with E-state index in [4.69, 9.17) is 24.4 Å². The third kappa shape index (κ3) is 3.75. The number of fused-ring (bicyclic) bond motifs is 1. The lowest BCUT2D eigenvalue weighted by molar-refractivity contribution is -0.122. The molecule has 8 heteroatoms. The van der Waals surface area contributed by atoms with Crippen LogP contribution in [0.5, 0.6) is 0 Å². The third-order valence-electron chi connectivity index (χ3n) is 6.49. The summed E-state index contributed by atoms with van der Waals surface area (Å²) >= 11 is 13.5. The summed E-state index contributed by atoms with van der Waals surface area (Å²) in [4.78, 5) is 30.1. The van der Waals surface area contributed by atoms with Gasteiger partial charge in [-0.25, -0.2) is 0 Å². The van der Waals surface area contributed by atoms with Crippen molar-refractivity contribution >= 4 is 68.4 Å². The maximum absolute atomic E-state index is 12.7. The molecule has 0 saturated carbocycles. The van der Waals surface area contributed by atoms with Gasteiger partial charge in [0.2, 0.25) is 0 Å². The van der Waals surface area contributed by atoms with Gasteiger partial charge in [0, 0.05) is 13.1 Å². The Hall–Kier alpha value is -2.00. The van der Waals surface area contributed by atoms with Crippen LogP contribution >= 0.6 is 48.0 Å². The van der Waals surface area contributed by atoms with Crippen molar-refractivity contribution in [3.8, 4) is 0 Å². The highest BCUT2D eigenvalue weighted by atomic mass is 32.2. The molecule has 2 fully saturated rings. The highest BCUT2D eigenvalue weighted by Crippen LogP contribution is 2.52. The molecule has 0 radical (unpaired) electrons. The van der Waals surface area contributed by atoms with Crippen LogP contribution < -0.4 is 0 Å². The largest absolute Gasteiger partial charge is 0.293 e. The molecule has 5 rings (SSSR count). The average molecular weight is 525 g/mol. The smallest absolute Gasteiger partial charge is 0.266 e. The molecule has 2 saturated heterocycles. The van der Waals surface area contributed by atoms with E-state index in [0.717, 1.165) is 24.0 Å². The molecule has 34 heavy (non-hydrogen) atoms. The zero-order chi connectivity index (χ0) is 24.3. The zero-order valence-corrected chi connectivity index (χ0v) is 22.7. The molecule has 5 aliphatic rings. The molecule has 0 aromatic carbocycles. The van der Waals surface area contributed by atoms with Crippen LogP contribution in [-0.4, -0.2) is 43.3 Å². The van der Waals surface area contributed by atoms with Crippen LogP contribution in [0.1, 0.15) is 40.5 Å². The number of nitrogens with zero attached hydrogens (tertiary/aromatic N) is 2. The second kappa shape index (κ2) is 8.90. The number of hydrogen-bond acceptors (Lipinski definition) is 6. The molecule has 2 aliphatic heterocycles. The van der Waals surface area contributed by atoms with Crippen LogP contribution in [0.4, 0.5) is 0 Å². The Balaban J connectivity index is 1.39. The molecule has 0 spiro atoms. The Morgan fingerprint density at radius 1 is 0.853 bits per heavy atom. The highest BCUT2D eigenvalue weighted by Gasteiger charge is 2.37. The lowest BCUT2D eigenvalue weighted by Gasteiger charge is -2.09. The van der Waals surface area contributed by atoms with Crippen LogP contribution in [-0.2, 0) is 9.59 Å². The highest BCUT2D eigenvalue weighted by molar-refractivity contribution is 8.27. The lowest BCUT2D eigenvalue weighted by Crippen LogP contribution is -2.27. The second-order valence-electron chi connectivity index (χ2n) is 8.80. The normalized spacial score (nSPS) is 24.5. The maximum Gasteiger partial charge on any atom is 0.266 e. The van der Waals surface area contributed by atoms with Crippen LogP contribution in [0.3, 0.4) is 0 Å². The van der Waals surface area contributed by atoms with E-state index in [9.17, 15) is 9.59 Å². The average Bonchev–Trinajstić information content (AvgIpc) is 3.53. The number of allylic oxidation sites excluding steroid dienone is 12. The van der Waals surface area contributed by atoms with E-state index in [0.29, 0.717) is 31.5 Å². The van der Waals surface area contributed by atoms with Gasteiger partial charge in [0.25, 0.3) is 11.8 Å². The third-order valence-corrected chi connectivity index (χ3v) is 9.24. The fraction of sp³-hybridized carbons (Fsp3) is 0.308. The molecular weight excluding hydrogens is 501 g/mol. The minimum absolute atomic E-state index is 0.00186. The molecule has 0 N–H and O–H groups in total. The monoisotopic (exact) mass is 524 g/mol. The maximum atomic E-state index is 12.7. The number of likely N-dealkylation sites (N-methyl/N-ethyl adjacent to an activating group) is 2. The first-order valence-electron chi connectivity index (χ1n) is 11.3. The number of amides is 2. The van der Waals surface area contributed by atoms with Crippen LogP contribution in [0.25, 0.3) is 0 Å². The standard InChI is InChI=1S/C26H24N2O2S4/c1-5-27-23(29)20(33-25(27)31)11-14-7-16-17-8-15(10-19(17)22(13(3)4)18(16)9-14)12-21-24(30)28(6-2)26(32)34-21/h9-12H,5-8H2,1-4H3/b20-11+,21-12+. The van der Waals surface area contributed by atoms with Gasteiger partial charge in [0.1, 0.15) is 8.64 Å². The van der Waals surface area contributed by atoms with Gasteiger partial charge in [0.05, 0.1) is 9.81 Å². The Bertz CT molecular complexity index is 1220. The minimum Gasteiger partial charge on any atom is -0.293 e. The van der Waals surface area contributed by atoms with Crippen molar-refractivity contribution in [2.45, 2.75) is 40.5 Å². The van der Waals surface area contributed by atoms with E-state index < -0.39 is 0 Å². The predicted octanol–water partition coefficient (Wildman–Crippen LogP) is 6.12. The summed E-state index contributed by atoms with van der Waals surface area (Å²) in [5, 5.41) is 0.